The van der Waals surface area contributed by atoms with Crippen molar-refractivity contribution in [3.63, 3.8) is 0 Å². The number of aliphatic hydroxyl groups is 2. The number of rotatable bonds is 6. The van der Waals surface area contributed by atoms with E-state index in [2.05, 4.69) is 83.9 Å². The van der Waals surface area contributed by atoms with Gasteiger partial charge < -0.3 is 42.9 Å². The number of benzene rings is 4. The topological polar surface area (TPSA) is 202 Å². The van der Waals surface area contributed by atoms with E-state index in [1.807, 2.05) is 31.1 Å². The van der Waals surface area contributed by atoms with Crippen molar-refractivity contribution in [3.8, 4) is 33.8 Å². The highest BCUT2D eigenvalue weighted by atomic mass is 32.2. The van der Waals surface area contributed by atoms with Crippen molar-refractivity contribution in [1.82, 2.24) is 28.7 Å². The van der Waals surface area contributed by atoms with Gasteiger partial charge in [-0.3, -0.25) is 9.35 Å². The Balaban J connectivity index is 0.000000130. The zero-order chi connectivity index (χ0) is 68.9. The van der Waals surface area contributed by atoms with Crippen molar-refractivity contribution < 1.29 is 60.1 Å². The minimum Gasteiger partial charge on any atom is -0.396 e. The fraction of sp³-hybridized carbons (Fsp3) is 0.474. The summed E-state index contributed by atoms with van der Waals surface area (Å²) in [6.07, 6.45) is 20.8. The highest BCUT2D eigenvalue weighted by Gasteiger charge is 2.60. The van der Waals surface area contributed by atoms with Crippen LogP contribution in [0, 0.1) is 56.9 Å². The van der Waals surface area contributed by atoms with Crippen LogP contribution in [0.15, 0.2) is 138 Å². The van der Waals surface area contributed by atoms with E-state index < -0.39 is 21.7 Å². The van der Waals surface area contributed by atoms with Gasteiger partial charge in [-0.25, -0.2) is 28.1 Å². The standard InChI is InChI=1S/2C23H27FN2O2.C18H17FN2O.C7H8O3S.C5H12O2/c2*1-21(2)13-27-23(28-14-21)10-4-5-17-11-19-20(16-6-8-18(24)9-7-16)25-15-26(19)12-22(17,23)3;1-18-10-21-11-20-17(12-5-7-14(19)8-6-12)15(21)9-13(18)3-2-4-16(18)22;1-6-2-4-7(5-3-6)11(8,9)10;1-5(2,3-6)4-7/h2*6-9,11,15H,4-5,10,12-14H2,1-3H3;5-9,11H,2-4,10H2,1H3;2-5H,1H3,(H,8,9,10);6-7H,3-4H2,1-2H3. The average molecular weight is 1340 g/mol. The SMILES string of the molecule is CC(C)(CO)CO.CC1(C)COC2(CCCC3=Cc4c(-c5ccc(F)cc5)ncn4CC32C)OC1.CC1(C)COC2(CCCC3=Cc4c(-c5ccc(F)cc5)ncn4CC32C)OC1.CC12Cn3cnc(-c4ccc(F)cc4)c3C=C1CCCC2=O.Cc1ccc(S(=O)(=O)O)cc1. The molecule has 3 aromatic heterocycles. The van der Waals surface area contributed by atoms with Gasteiger partial charge in [-0.05, 0) is 169 Å². The molecular formula is C76H91F3N6O10S. The van der Waals surface area contributed by atoms with Crippen molar-refractivity contribution >= 4 is 34.1 Å². The van der Waals surface area contributed by atoms with Crippen LogP contribution in [0.4, 0.5) is 13.2 Å². The lowest BCUT2D eigenvalue weighted by Gasteiger charge is -2.57. The molecule has 3 unspecified atom stereocenters. The van der Waals surface area contributed by atoms with Crippen LogP contribution in [-0.2, 0) is 53.5 Å². The number of halogens is 3. The Morgan fingerprint density at radius 3 is 1.19 bits per heavy atom. The third-order valence-corrected chi connectivity index (χ3v) is 21.4. The van der Waals surface area contributed by atoms with Gasteiger partial charge in [0.05, 0.1) is 114 Å². The Morgan fingerprint density at radius 2 is 0.844 bits per heavy atom. The summed E-state index contributed by atoms with van der Waals surface area (Å²) in [5.74, 6) is -1.51. The second-order valence-electron chi connectivity index (χ2n) is 30.1. The smallest absolute Gasteiger partial charge is 0.294 e. The van der Waals surface area contributed by atoms with Gasteiger partial charge in [0.25, 0.3) is 10.1 Å². The number of hydrogen-bond donors (Lipinski definition) is 3. The van der Waals surface area contributed by atoms with Crippen LogP contribution in [0.2, 0.25) is 0 Å². The molecule has 20 heteroatoms. The summed E-state index contributed by atoms with van der Waals surface area (Å²) in [6.45, 7) is 25.9. The maximum Gasteiger partial charge on any atom is 0.294 e. The van der Waals surface area contributed by atoms with Crippen LogP contribution < -0.4 is 0 Å². The molecular weight excluding hydrogens is 1250 g/mol. The molecule has 8 heterocycles. The minimum absolute atomic E-state index is 0.0451. The summed E-state index contributed by atoms with van der Waals surface area (Å²) >= 11 is 0. The lowest BCUT2D eigenvalue weighted by molar-refractivity contribution is -0.348. The van der Waals surface area contributed by atoms with Crippen LogP contribution in [0.3, 0.4) is 0 Å². The van der Waals surface area contributed by atoms with Crippen LogP contribution in [0.1, 0.15) is 143 Å². The number of carbonyl (C=O) groups is 1. The summed E-state index contributed by atoms with van der Waals surface area (Å²) in [5, 5.41) is 16.9. The minimum atomic E-state index is -4.02. The van der Waals surface area contributed by atoms with Crippen molar-refractivity contribution in [1.29, 1.82) is 0 Å². The number of hydrogen-bond acceptors (Lipinski definition) is 12. The van der Waals surface area contributed by atoms with Gasteiger partial charge in [-0.1, -0.05) is 76.0 Å². The van der Waals surface area contributed by atoms with Crippen molar-refractivity contribution in [2.75, 3.05) is 39.6 Å². The second kappa shape index (κ2) is 26.9. The number of aromatic nitrogens is 6. The molecule has 512 valence electrons. The summed E-state index contributed by atoms with van der Waals surface area (Å²) in [6, 6.07) is 25.5. The fourth-order valence-corrected chi connectivity index (χ4v) is 14.7. The second-order valence-corrected chi connectivity index (χ2v) is 31.5. The molecule has 0 amide bonds. The number of aliphatic hydroxyl groups excluding tert-OH is 2. The number of nitrogens with zero attached hydrogens (tertiary/aromatic N) is 6. The first kappa shape index (κ1) is 70.2. The van der Waals surface area contributed by atoms with E-state index in [9.17, 15) is 26.4 Å². The van der Waals surface area contributed by atoms with E-state index in [1.165, 1.54) is 65.3 Å². The van der Waals surface area contributed by atoms with Crippen LogP contribution in [0.5, 0.6) is 0 Å². The van der Waals surface area contributed by atoms with Gasteiger partial charge in [0.15, 0.2) is 11.6 Å². The highest BCUT2D eigenvalue weighted by molar-refractivity contribution is 7.85. The Bertz CT molecular complexity index is 4010. The Morgan fingerprint density at radius 1 is 0.500 bits per heavy atom. The summed E-state index contributed by atoms with van der Waals surface area (Å²) in [7, 11) is -4.02. The molecule has 0 bridgehead atoms. The van der Waals surface area contributed by atoms with Gasteiger partial charge >= 0.3 is 0 Å². The van der Waals surface area contributed by atoms with Crippen LogP contribution >= 0.6 is 0 Å². The molecule has 16 nitrogen and oxygen atoms in total. The predicted molar refractivity (Wildman–Crippen MR) is 363 cm³/mol. The molecule has 2 spiro atoms. The molecule has 3 saturated carbocycles. The number of Topliss-reactive ketones (excluding diaryl/α,β-unsaturated/α-hetero) is 1. The van der Waals surface area contributed by atoms with Gasteiger partial charge in [0.2, 0.25) is 0 Å². The molecule has 2 saturated heterocycles. The third-order valence-electron chi connectivity index (χ3n) is 20.5. The Labute approximate surface area is 562 Å². The number of carbonyl (C=O) groups excluding carboxylic acids is 1. The third kappa shape index (κ3) is 14.1. The van der Waals surface area contributed by atoms with Crippen molar-refractivity contribution in [3.05, 3.63) is 173 Å². The maximum absolute atomic E-state index is 13.3. The Hall–Kier alpha value is -7.14. The number of aryl methyl sites for hydroxylation is 1. The molecule has 7 aromatic rings. The first-order valence-electron chi connectivity index (χ1n) is 33.3. The first-order valence-corrected chi connectivity index (χ1v) is 34.7. The lowest BCUT2D eigenvalue weighted by Crippen LogP contribution is -2.61. The lowest BCUT2D eigenvalue weighted by atomic mass is 9.64. The maximum atomic E-state index is 13.3. The predicted octanol–water partition coefficient (Wildman–Crippen LogP) is 15.2. The molecule has 3 aliphatic carbocycles. The number of ether oxygens (including phenoxy) is 4. The summed E-state index contributed by atoms with van der Waals surface area (Å²) < 4.78 is 102. The van der Waals surface area contributed by atoms with Crippen molar-refractivity contribution in [2.24, 2.45) is 32.5 Å². The molecule has 8 aliphatic rings. The molecule has 5 fully saturated rings. The highest BCUT2D eigenvalue weighted by Crippen LogP contribution is 2.58. The summed E-state index contributed by atoms with van der Waals surface area (Å²) in [5.41, 5.74) is 12.5. The number of allylic oxidation sites excluding steroid dienone is 1. The molecule has 0 radical (unpaired) electrons. The van der Waals surface area contributed by atoms with Gasteiger partial charge in [-0.2, -0.15) is 8.42 Å². The monoisotopic (exact) mass is 1340 g/mol. The summed E-state index contributed by atoms with van der Waals surface area (Å²) in [4.78, 5) is 26.1. The number of fused-ring (bicyclic) bond motifs is 8. The number of imidazole rings is 3. The molecule has 15 rings (SSSR count). The zero-order valence-electron chi connectivity index (χ0n) is 56.9. The van der Waals surface area contributed by atoms with Crippen LogP contribution in [-0.4, -0.2) is 109 Å². The van der Waals surface area contributed by atoms with E-state index in [-0.39, 0.29) is 68.1 Å². The van der Waals surface area contributed by atoms with E-state index in [0.29, 0.717) is 45.2 Å². The van der Waals surface area contributed by atoms with E-state index in [1.54, 1.807) is 68.7 Å². The van der Waals surface area contributed by atoms with E-state index >= 15 is 0 Å². The quantitative estimate of drug-likeness (QED) is 0.133. The van der Waals surface area contributed by atoms with Gasteiger partial charge in [-0.15, -0.1) is 0 Å². The molecule has 5 aliphatic heterocycles. The Kier molecular flexibility index (Phi) is 19.7. The van der Waals surface area contributed by atoms with Gasteiger partial charge in [0.1, 0.15) is 23.2 Å². The van der Waals surface area contributed by atoms with Crippen molar-refractivity contribution in [2.45, 2.75) is 163 Å². The molecule has 96 heavy (non-hydrogen) atoms. The fourth-order valence-electron chi connectivity index (χ4n) is 14.2. The van der Waals surface area contributed by atoms with E-state index in [4.69, 9.17) is 33.7 Å². The largest absolute Gasteiger partial charge is 0.396 e. The average Bonchev–Trinajstić information content (AvgIpc) is 1.07. The zero-order valence-corrected chi connectivity index (χ0v) is 57.7. The van der Waals surface area contributed by atoms with E-state index in [0.717, 1.165) is 121 Å². The molecule has 4 aromatic carbocycles. The first-order chi connectivity index (χ1) is 45.3. The normalized spacial score (nSPS) is 23.8. The molecule has 3 atom stereocenters. The van der Waals surface area contributed by atoms with Crippen LogP contribution in [0.25, 0.3) is 52.0 Å². The number of ketones is 1. The molecule has 3 N–H and O–H groups in total. The van der Waals surface area contributed by atoms with Gasteiger partial charge in [0, 0.05) is 71.8 Å².